The molecule has 0 saturated heterocycles. The van der Waals surface area contributed by atoms with Gasteiger partial charge in [-0.3, -0.25) is 4.79 Å². The molecule has 2 aromatic carbocycles. The van der Waals surface area contributed by atoms with Crippen LogP contribution < -0.4 is 16.4 Å². The van der Waals surface area contributed by atoms with Crippen LogP contribution in [0, 0.1) is 0 Å². The van der Waals surface area contributed by atoms with Gasteiger partial charge in [0.25, 0.3) is 0 Å². The molecule has 4 nitrogen and oxygen atoms in total. The second-order valence-corrected chi connectivity index (χ2v) is 5.16. The molecule has 1 unspecified atom stereocenters. The fourth-order valence-corrected chi connectivity index (χ4v) is 2.58. The van der Waals surface area contributed by atoms with Crippen LogP contribution in [-0.2, 0) is 11.2 Å². The van der Waals surface area contributed by atoms with Gasteiger partial charge in [-0.1, -0.05) is 24.3 Å². The second-order valence-electron chi connectivity index (χ2n) is 5.16. The van der Waals surface area contributed by atoms with Crippen molar-refractivity contribution in [2.75, 3.05) is 17.7 Å². The zero-order valence-electron chi connectivity index (χ0n) is 11.3. The van der Waals surface area contributed by atoms with Gasteiger partial charge in [0.05, 0.1) is 12.5 Å². The minimum absolute atomic E-state index is 0.123. The highest BCUT2D eigenvalue weighted by Crippen LogP contribution is 2.31. The first kappa shape index (κ1) is 12.7. The van der Waals surface area contributed by atoms with Crippen LogP contribution in [0.1, 0.15) is 22.7 Å². The standard InChI is InChI=1S/C16H17N3O/c1-19-14-7-4-11(8-12(14)9-15(19)20)16(18)10-2-5-13(17)6-3-10/h2-8,16H,9,17-18H2,1H3. The first-order valence-corrected chi connectivity index (χ1v) is 6.56. The van der Waals surface area contributed by atoms with Crippen LogP contribution in [0.4, 0.5) is 11.4 Å². The molecule has 1 heterocycles. The lowest BCUT2D eigenvalue weighted by Gasteiger charge is -2.15. The molecule has 0 bridgehead atoms. The van der Waals surface area contributed by atoms with Gasteiger partial charge >= 0.3 is 0 Å². The molecule has 2 aromatic rings. The summed E-state index contributed by atoms with van der Waals surface area (Å²) in [5, 5.41) is 0. The molecule has 4 N–H and O–H groups in total. The molecule has 0 aromatic heterocycles. The van der Waals surface area contributed by atoms with E-state index in [0.29, 0.717) is 6.42 Å². The summed E-state index contributed by atoms with van der Waals surface area (Å²) < 4.78 is 0. The zero-order valence-corrected chi connectivity index (χ0v) is 11.3. The Bertz CT molecular complexity index is 664. The van der Waals surface area contributed by atoms with Crippen LogP contribution in [0.2, 0.25) is 0 Å². The van der Waals surface area contributed by atoms with E-state index in [1.807, 2.05) is 42.5 Å². The third kappa shape index (κ3) is 2.04. The molecule has 0 radical (unpaired) electrons. The average molecular weight is 267 g/mol. The van der Waals surface area contributed by atoms with Crippen LogP contribution in [-0.4, -0.2) is 13.0 Å². The number of hydrogen-bond acceptors (Lipinski definition) is 3. The Morgan fingerprint density at radius 2 is 1.75 bits per heavy atom. The van der Waals surface area contributed by atoms with Gasteiger partial charge in [-0.2, -0.15) is 0 Å². The van der Waals surface area contributed by atoms with Crippen molar-refractivity contribution >= 4 is 17.3 Å². The molecule has 0 saturated carbocycles. The van der Waals surface area contributed by atoms with E-state index in [4.69, 9.17) is 11.5 Å². The molecule has 1 amide bonds. The lowest BCUT2D eigenvalue weighted by atomic mass is 9.97. The van der Waals surface area contributed by atoms with Gasteiger partial charge in [0.15, 0.2) is 0 Å². The maximum atomic E-state index is 11.7. The molecule has 3 rings (SSSR count). The monoisotopic (exact) mass is 267 g/mol. The summed E-state index contributed by atoms with van der Waals surface area (Å²) in [5.74, 6) is 0.123. The van der Waals surface area contributed by atoms with Gasteiger partial charge in [-0.25, -0.2) is 0 Å². The Morgan fingerprint density at radius 1 is 1.10 bits per heavy atom. The molecule has 0 fully saturated rings. The highest BCUT2D eigenvalue weighted by atomic mass is 16.2. The van der Waals surface area contributed by atoms with Gasteiger partial charge in [0, 0.05) is 18.4 Å². The topological polar surface area (TPSA) is 72.3 Å². The van der Waals surface area contributed by atoms with Gasteiger partial charge in [-0.15, -0.1) is 0 Å². The molecule has 1 aliphatic heterocycles. The number of hydrogen-bond donors (Lipinski definition) is 2. The number of amides is 1. The fraction of sp³-hybridized carbons (Fsp3) is 0.188. The van der Waals surface area contributed by atoms with Crippen LogP contribution in [0.5, 0.6) is 0 Å². The molecule has 0 spiro atoms. The molecule has 1 atom stereocenters. The average Bonchev–Trinajstić information content (AvgIpc) is 2.74. The van der Waals surface area contributed by atoms with E-state index in [9.17, 15) is 4.79 Å². The summed E-state index contributed by atoms with van der Waals surface area (Å²) in [6.07, 6.45) is 0.453. The van der Waals surface area contributed by atoms with E-state index >= 15 is 0 Å². The van der Waals surface area contributed by atoms with Crippen LogP contribution in [0.15, 0.2) is 42.5 Å². The van der Waals surface area contributed by atoms with Gasteiger partial charge in [0.1, 0.15) is 0 Å². The summed E-state index contributed by atoms with van der Waals surface area (Å²) in [5.41, 5.74) is 16.7. The number of nitrogens with zero attached hydrogens (tertiary/aromatic N) is 1. The summed E-state index contributed by atoms with van der Waals surface area (Å²) in [6.45, 7) is 0. The maximum Gasteiger partial charge on any atom is 0.231 e. The Hall–Kier alpha value is -2.33. The Labute approximate surface area is 118 Å². The van der Waals surface area contributed by atoms with E-state index in [-0.39, 0.29) is 11.9 Å². The smallest absolute Gasteiger partial charge is 0.231 e. The Balaban J connectivity index is 1.94. The van der Waals surface area contributed by atoms with Gasteiger partial charge < -0.3 is 16.4 Å². The number of nitrogen functional groups attached to an aromatic ring is 1. The third-order valence-corrected chi connectivity index (χ3v) is 3.84. The third-order valence-electron chi connectivity index (χ3n) is 3.84. The molecule has 4 heteroatoms. The predicted octanol–water partition coefficient (Wildman–Crippen LogP) is 1.84. The molecule has 20 heavy (non-hydrogen) atoms. The zero-order chi connectivity index (χ0) is 14.3. The van der Waals surface area contributed by atoms with Gasteiger partial charge in [0.2, 0.25) is 5.91 Å². The molecular formula is C16H17N3O. The summed E-state index contributed by atoms with van der Waals surface area (Å²) in [6, 6.07) is 13.3. The number of benzene rings is 2. The first-order chi connectivity index (χ1) is 9.56. The molecule has 0 aliphatic carbocycles. The van der Waals surface area contributed by atoms with E-state index in [0.717, 1.165) is 28.1 Å². The van der Waals surface area contributed by atoms with E-state index in [1.165, 1.54) is 0 Å². The highest BCUT2D eigenvalue weighted by Gasteiger charge is 2.24. The van der Waals surface area contributed by atoms with Crippen molar-refractivity contribution in [2.24, 2.45) is 5.73 Å². The van der Waals surface area contributed by atoms with Crippen molar-refractivity contribution in [3.05, 3.63) is 59.2 Å². The predicted molar refractivity (Wildman–Crippen MR) is 80.4 cm³/mol. The number of fused-ring (bicyclic) bond motifs is 1. The van der Waals surface area contributed by atoms with Crippen LogP contribution in [0.3, 0.4) is 0 Å². The maximum absolute atomic E-state index is 11.7. The second kappa shape index (κ2) is 4.65. The molecular weight excluding hydrogens is 250 g/mol. The van der Waals surface area contributed by atoms with Crippen molar-refractivity contribution in [2.45, 2.75) is 12.5 Å². The van der Waals surface area contributed by atoms with Crippen molar-refractivity contribution in [3.63, 3.8) is 0 Å². The normalized spacial score (nSPS) is 15.3. The quantitative estimate of drug-likeness (QED) is 0.815. The van der Waals surface area contributed by atoms with Crippen molar-refractivity contribution in [1.29, 1.82) is 0 Å². The lowest BCUT2D eigenvalue weighted by Crippen LogP contribution is -2.20. The number of anilines is 2. The minimum atomic E-state index is -0.207. The fourth-order valence-electron chi connectivity index (χ4n) is 2.58. The summed E-state index contributed by atoms with van der Waals surface area (Å²) in [4.78, 5) is 13.4. The number of rotatable bonds is 2. The Morgan fingerprint density at radius 3 is 2.45 bits per heavy atom. The van der Waals surface area contributed by atoms with Crippen LogP contribution in [0.25, 0.3) is 0 Å². The number of nitrogens with two attached hydrogens (primary N) is 2. The van der Waals surface area contributed by atoms with E-state index in [1.54, 1.807) is 11.9 Å². The molecule has 102 valence electrons. The number of likely N-dealkylation sites (N-methyl/N-ethyl adjacent to an activating group) is 1. The SMILES string of the molecule is CN1C(=O)Cc2cc(C(N)c3ccc(N)cc3)ccc21. The van der Waals surface area contributed by atoms with Crippen molar-refractivity contribution in [3.8, 4) is 0 Å². The number of carbonyl (C=O) groups is 1. The van der Waals surface area contributed by atoms with Crippen molar-refractivity contribution < 1.29 is 4.79 Å². The molecule has 1 aliphatic rings. The largest absolute Gasteiger partial charge is 0.399 e. The summed E-state index contributed by atoms with van der Waals surface area (Å²) >= 11 is 0. The van der Waals surface area contributed by atoms with E-state index < -0.39 is 0 Å². The minimum Gasteiger partial charge on any atom is -0.399 e. The van der Waals surface area contributed by atoms with Crippen LogP contribution >= 0.6 is 0 Å². The number of carbonyl (C=O) groups excluding carboxylic acids is 1. The Kier molecular flexibility index (Phi) is 2.95. The van der Waals surface area contributed by atoms with Crippen molar-refractivity contribution in [1.82, 2.24) is 0 Å². The van der Waals surface area contributed by atoms with E-state index in [2.05, 4.69) is 0 Å². The summed E-state index contributed by atoms with van der Waals surface area (Å²) in [7, 11) is 1.80. The van der Waals surface area contributed by atoms with Gasteiger partial charge in [-0.05, 0) is 34.9 Å². The highest BCUT2D eigenvalue weighted by molar-refractivity contribution is 6.00. The first-order valence-electron chi connectivity index (χ1n) is 6.56. The lowest BCUT2D eigenvalue weighted by molar-refractivity contribution is -0.117.